The lowest BCUT2D eigenvalue weighted by Gasteiger charge is -2.09. The Morgan fingerprint density at radius 3 is 2.86 bits per heavy atom. The van der Waals surface area contributed by atoms with E-state index in [1.165, 1.54) is 10.7 Å². The van der Waals surface area contributed by atoms with Crippen molar-refractivity contribution in [3.8, 4) is 5.75 Å². The number of hydrogen-bond donors (Lipinski definition) is 1. The Labute approximate surface area is 126 Å². The van der Waals surface area contributed by atoms with Crippen LogP contribution < -0.4 is 10.1 Å². The van der Waals surface area contributed by atoms with Gasteiger partial charge in [0, 0.05) is 18.3 Å². The molecule has 0 aliphatic rings. The molecular formula is C15H17F2N3O2. The van der Waals surface area contributed by atoms with E-state index in [1.807, 2.05) is 13.8 Å². The number of ether oxygens (including phenoxy) is 1. The van der Waals surface area contributed by atoms with Gasteiger partial charge in [-0.15, -0.1) is 0 Å². The number of nitrogens with zero attached hydrogens (tertiary/aromatic N) is 2. The fourth-order valence-corrected chi connectivity index (χ4v) is 1.68. The van der Waals surface area contributed by atoms with Gasteiger partial charge in [0.25, 0.3) is 5.91 Å². The minimum atomic E-state index is -0.790. The number of halogens is 2. The summed E-state index contributed by atoms with van der Waals surface area (Å²) in [6.45, 7) is 3.78. The number of nitrogens with one attached hydrogen (secondary N) is 1. The summed E-state index contributed by atoms with van der Waals surface area (Å²) in [6, 6.07) is 4.64. The van der Waals surface area contributed by atoms with Gasteiger partial charge in [-0.3, -0.25) is 4.79 Å². The molecule has 1 aromatic carbocycles. The Hall–Kier alpha value is -2.44. The van der Waals surface area contributed by atoms with Crippen LogP contribution in [0, 0.1) is 11.6 Å². The second kappa shape index (κ2) is 7.02. The van der Waals surface area contributed by atoms with Gasteiger partial charge in [0.2, 0.25) is 0 Å². The van der Waals surface area contributed by atoms with E-state index in [0.717, 1.165) is 18.6 Å². The molecule has 1 heterocycles. The third-order valence-electron chi connectivity index (χ3n) is 3.11. The summed E-state index contributed by atoms with van der Waals surface area (Å²) in [7, 11) is 0. The molecule has 1 aromatic heterocycles. The highest BCUT2D eigenvalue weighted by atomic mass is 19.1. The van der Waals surface area contributed by atoms with Gasteiger partial charge in [0.1, 0.15) is 11.5 Å². The number of benzene rings is 1. The van der Waals surface area contributed by atoms with E-state index in [2.05, 4.69) is 10.4 Å². The SMILES string of the molecule is CC[C@@H](C)NC(=O)c1ccn(COc2ccc(F)cc2F)n1. The molecule has 1 amide bonds. The van der Waals surface area contributed by atoms with Crippen LogP contribution in [0.2, 0.25) is 0 Å². The summed E-state index contributed by atoms with van der Waals surface area (Å²) in [5.41, 5.74) is 0.253. The molecule has 0 saturated heterocycles. The normalized spacial score (nSPS) is 12.0. The van der Waals surface area contributed by atoms with E-state index in [4.69, 9.17) is 4.74 Å². The van der Waals surface area contributed by atoms with Gasteiger partial charge >= 0.3 is 0 Å². The first-order valence-electron chi connectivity index (χ1n) is 6.91. The molecule has 1 N–H and O–H groups in total. The summed E-state index contributed by atoms with van der Waals surface area (Å²) >= 11 is 0. The first-order valence-corrected chi connectivity index (χ1v) is 6.91. The maximum absolute atomic E-state index is 13.4. The monoisotopic (exact) mass is 309 g/mol. The Balaban J connectivity index is 1.96. The molecule has 0 radical (unpaired) electrons. The van der Waals surface area contributed by atoms with Crippen molar-refractivity contribution in [1.82, 2.24) is 15.1 Å². The standard InChI is InChI=1S/C15H17F2N3O2/c1-3-10(2)18-15(21)13-6-7-20(19-13)9-22-14-5-4-11(16)8-12(14)17/h4-8,10H,3,9H2,1-2H3,(H,18,21)/t10-/m1/s1. The van der Waals surface area contributed by atoms with Crippen molar-refractivity contribution < 1.29 is 18.3 Å². The second-order valence-electron chi connectivity index (χ2n) is 4.87. The highest BCUT2D eigenvalue weighted by Gasteiger charge is 2.12. The fraction of sp³-hybridized carbons (Fsp3) is 0.333. The summed E-state index contributed by atoms with van der Waals surface area (Å²) in [6.07, 6.45) is 2.37. The molecule has 2 rings (SSSR count). The zero-order chi connectivity index (χ0) is 16.1. The fourth-order valence-electron chi connectivity index (χ4n) is 1.68. The molecule has 0 spiro atoms. The molecule has 118 valence electrons. The topological polar surface area (TPSA) is 56.2 Å². The molecule has 22 heavy (non-hydrogen) atoms. The van der Waals surface area contributed by atoms with Crippen molar-refractivity contribution in [2.75, 3.05) is 0 Å². The van der Waals surface area contributed by atoms with Gasteiger partial charge in [-0.2, -0.15) is 5.10 Å². The van der Waals surface area contributed by atoms with Crippen LogP contribution in [-0.2, 0) is 6.73 Å². The van der Waals surface area contributed by atoms with Gasteiger partial charge in [-0.05, 0) is 31.5 Å². The molecular weight excluding hydrogens is 292 g/mol. The van der Waals surface area contributed by atoms with Gasteiger partial charge in [-0.1, -0.05) is 6.92 Å². The summed E-state index contributed by atoms with van der Waals surface area (Å²) < 4.78 is 32.7. The predicted octanol–water partition coefficient (Wildman–Crippen LogP) is 2.73. The van der Waals surface area contributed by atoms with Crippen LogP contribution in [0.25, 0.3) is 0 Å². The molecule has 0 fully saturated rings. The van der Waals surface area contributed by atoms with Gasteiger partial charge in [-0.25, -0.2) is 13.5 Å². The molecule has 0 saturated carbocycles. The van der Waals surface area contributed by atoms with Gasteiger partial charge in [0.05, 0.1) is 0 Å². The third kappa shape index (κ3) is 4.03. The lowest BCUT2D eigenvalue weighted by atomic mass is 10.2. The second-order valence-corrected chi connectivity index (χ2v) is 4.87. The number of hydrogen-bond acceptors (Lipinski definition) is 3. The van der Waals surface area contributed by atoms with Crippen LogP contribution in [0.3, 0.4) is 0 Å². The summed E-state index contributed by atoms with van der Waals surface area (Å²) in [5.74, 6) is -1.82. The van der Waals surface area contributed by atoms with Crippen LogP contribution in [0.15, 0.2) is 30.5 Å². The number of carbonyl (C=O) groups is 1. The van der Waals surface area contributed by atoms with E-state index in [9.17, 15) is 13.6 Å². The molecule has 0 bridgehead atoms. The van der Waals surface area contributed by atoms with Crippen molar-refractivity contribution in [3.05, 3.63) is 47.8 Å². The van der Waals surface area contributed by atoms with E-state index in [-0.39, 0.29) is 30.1 Å². The first kappa shape index (κ1) is 15.9. The van der Waals surface area contributed by atoms with Crippen LogP contribution in [0.5, 0.6) is 5.75 Å². The zero-order valence-corrected chi connectivity index (χ0v) is 12.3. The van der Waals surface area contributed by atoms with Crippen molar-refractivity contribution in [2.24, 2.45) is 0 Å². The highest BCUT2D eigenvalue weighted by Crippen LogP contribution is 2.17. The largest absolute Gasteiger partial charge is 0.468 e. The lowest BCUT2D eigenvalue weighted by Crippen LogP contribution is -2.32. The highest BCUT2D eigenvalue weighted by molar-refractivity contribution is 5.92. The zero-order valence-electron chi connectivity index (χ0n) is 12.3. The smallest absolute Gasteiger partial charge is 0.271 e. The quantitative estimate of drug-likeness (QED) is 0.892. The Morgan fingerprint density at radius 2 is 2.18 bits per heavy atom. The van der Waals surface area contributed by atoms with E-state index < -0.39 is 11.6 Å². The van der Waals surface area contributed by atoms with Crippen LogP contribution in [0.1, 0.15) is 30.8 Å². The first-order chi connectivity index (χ1) is 10.5. The summed E-state index contributed by atoms with van der Waals surface area (Å²) in [5, 5.41) is 6.83. The Kier molecular flexibility index (Phi) is 5.08. The average molecular weight is 309 g/mol. The molecule has 2 aromatic rings. The van der Waals surface area contributed by atoms with Crippen LogP contribution in [0.4, 0.5) is 8.78 Å². The summed E-state index contributed by atoms with van der Waals surface area (Å²) in [4.78, 5) is 11.9. The molecule has 0 unspecified atom stereocenters. The predicted molar refractivity (Wildman–Crippen MR) is 76.4 cm³/mol. The third-order valence-corrected chi connectivity index (χ3v) is 3.11. The van der Waals surface area contributed by atoms with Crippen molar-refractivity contribution in [2.45, 2.75) is 33.0 Å². The lowest BCUT2D eigenvalue weighted by molar-refractivity contribution is 0.0932. The molecule has 0 aliphatic carbocycles. The maximum Gasteiger partial charge on any atom is 0.271 e. The number of amides is 1. The molecule has 7 heteroatoms. The number of aromatic nitrogens is 2. The van der Waals surface area contributed by atoms with E-state index in [1.54, 1.807) is 12.3 Å². The number of carbonyl (C=O) groups excluding carboxylic acids is 1. The molecule has 5 nitrogen and oxygen atoms in total. The van der Waals surface area contributed by atoms with E-state index in [0.29, 0.717) is 0 Å². The number of rotatable bonds is 6. The van der Waals surface area contributed by atoms with Gasteiger partial charge < -0.3 is 10.1 Å². The minimum absolute atomic E-state index is 0.0576. The average Bonchev–Trinajstić information content (AvgIpc) is 2.95. The Bertz CT molecular complexity index is 658. The van der Waals surface area contributed by atoms with Crippen molar-refractivity contribution in [3.63, 3.8) is 0 Å². The van der Waals surface area contributed by atoms with E-state index >= 15 is 0 Å². The van der Waals surface area contributed by atoms with Crippen molar-refractivity contribution in [1.29, 1.82) is 0 Å². The van der Waals surface area contributed by atoms with Gasteiger partial charge in [0.15, 0.2) is 18.3 Å². The minimum Gasteiger partial charge on any atom is -0.468 e. The van der Waals surface area contributed by atoms with Crippen LogP contribution >= 0.6 is 0 Å². The molecule has 0 aliphatic heterocycles. The van der Waals surface area contributed by atoms with Crippen LogP contribution in [-0.4, -0.2) is 21.7 Å². The molecule has 1 atom stereocenters. The Morgan fingerprint density at radius 1 is 1.41 bits per heavy atom. The maximum atomic E-state index is 13.4. The van der Waals surface area contributed by atoms with Crippen molar-refractivity contribution >= 4 is 5.91 Å².